The summed E-state index contributed by atoms with van der Waals surface area (Å²) in [6, 6.07) is 7.22. The number of amides is 2. The van der Waals surface area contributed by atoms with Gasteiger partial charge in [0.05, 0.1) is 0 Å². The minimum atomic E-state index is -0.511. The molecule has 0 spiro atoms. The molecule has 0 fully saturated rings. The van der Waals surface area contributed by atoms with Gasteiger partial charge in [0.2, 0.25) is 11.8 Å². The smallest absolute Gasteiger partial charge is 0.247 e. The lowest BCUT2D eigenvalue weighted by Crippen LogP contribution is -2.46. The zero-order valence-electron chi connectivity index (χ0n) is 12.0. The Morgan fingerprint density at radius 2 is 1.95 bits per heavy atom. The van der Waals surface area contributed by atoms with E-state index in [1.54, 1.807) is 0 Å². The van der Waals surface area contributed by atoms with Crippen LogP contribution in [0.25, 0.3) is 0 Å². The summed E-state index contributed by atoms with van der Waals surface area (Å²) in [6.45, 7) is 7.29. The van der Waals surface area contributed by atoms with Crippen LogP contribution in [0.4, 0.5) is 5.69 Å². The van der Waals surface area contributed by atoms with Gasteiger partial charge in [-0.15, -0.1) is 0 Å². The van der Waals surface area contributed by atoms with Gasteiger partial charge in [0.15, 0.2) is 0 Å². The van der Waals surface area contributed by atoms with E-state index in [1.165, 1.54) is 12.5 Å². The zero-order valence-corrected chi connectivity index (χ0v) is 12.0. The monoisotopic (exact) mass is 262 g/mol. The number of hydrogen-bond acceptors (Lipinski definition) is 2. The van der Waals surface area contributed by atoms with E-state index in [2.05, 4.69) is 17.6 Å². The van der Waals surface area contributed by atoms with Crippen molar-refractivity contribution in [3.63, 3.8) is 0 Å². The molecule has 19 heavy (non-hydrogen) atoms. The second-order valence-corrected chi connectivity index (χ2v) is 4.97. The molecule has 0 radical (unpaired) electrons. The van der Waals surface area contributed by atoms with Crippen molar-refractivity contribution in [3.05, 3.63) is 29.8 Å². The van der Waals surface area contributed by atoms with E-state index in [0.29, 0.717) is 0 Å². The quantitative estimate of drug-likeness (QED) is 0.855. The number of aryl methyl sites for hydroxylation is 1. The van der Waals surface area contributed by atoms with Gasteiger partial charge in [-0.25, -0.2) is 0 Å². The van der Waals surface area contributed by atoms with E-state index in [-0.39, 0.29) is 17.7 Å². The van der Waals surface area contributed by atoms with Crippen molar-refractivity contribution in [2.75, 3.05) is 5.32 Å². The standard InChI is InChI=1S/C15H22N2O2/c1-5-12-7-6-8-13(9-12)17-15(19)14(10(2)3)16-11(4)18/h6-10,14H,5H2,1-4H3,(H,16,18)(H,17,19). The number of carbonyl (C=O) groups is 2. The van der Waals surface area contributed by atoms with E-state index >= 15 is 0 Å². The van der Waals surface area contributed by atoms with Crippen LogP contribution >= 0.6 is 0 Å². The third-order valence-electron chi connectivity index (χ3n) is 2.91. The molecule has 1 unspecified atom stereocenters. The average molecular weight is 262 g/mol. The van der Waals surface area contributed by atoms with Gasteiger partial charge < -0.3 is 10.6 Å². The number of hydrogen-bond donors (Lipinski definition) is 2. The Bertz CT molecular complexity index is 455. The van der Waals surface area contributed by atoms with Gasteiger partial charge >= 0.3 is 0 Å². The molecule has 0 aromatic heterocycles. The third kappa shape index (κ3) is 4.73. The molecule has 0 aliphatic carbocycles. The van der Waals surface area contributed by atoms with Crippen molar-refractivity contribution in [3.8, 4) is 0 Å². The molecule has 0 aliphatic heterocycles. The molecule has 4 heteroatoms. The number of rotatable bonds is 5. The van der Waals surface area contributed by atoms with Gasteiger partial charge in [-0.1, -0.05) is 32.9 Å². The first-order valence-electron chi connectivity index (χ1n) is 6.61. The molecule has 0 aliphatic rings. The summed E-state index contributed by atoms with van der Waals surface area (Å²) >= 11 is 0. The van der Waals surface area contributed by atoms with Gasteiger partial charge in [0, 0.05) is 12.6 Å². The number of carbonyl (C=O) groups excluding carboxylic acids is 2. The Hall–Kier alpha value is -1.84. The minimum Gasteiger partial charge on any atom is -0.344 e. The lowest BCUT2D eigenvalue weighted by molar-refractivity contribution is -0.126. The Morgan fingerprint density at radius 3 is 2.47 bits per heavy atom. The highest BCUT2D eigenvalue weighted by Crippen LogP contribution is 2.13. The summed E-state index contributed by atoms with van der Waals surface area (Å²) in [5, 5.41) is 5.53. The third-order valence-corrected chi connectivity index (χ3v) is 2.91. The number of anilines is 1. The summed E-state index contributed by atoms with van der Waals surface area (Å²) in [5.41, 5.74) is 1.93. The molecular formula is C15H22N2O2. The van der Waals surface area contributed by atoms with Gasteiger partial charge in [-0.05, 0) is 30.0 Å². The molecule has 1 aromatic rings. The van der Waals surface area contributed by atoms with Gasteiger partial charge in [-0.2, -0.15) is 0 Å². The first kappa shape index (κ1) is 15.2. The largest absolute Gasteiger partial charge is 0.344 e. The first-order chi connectivity index (χ1) is 8.93. The molecule has 0 saturated carbocycles. The lowest BCUT2D eigenvalue weighted by Gasteiger charge is -2.21. The molecule has 2 N–H and O–H groups in total. The van der Waals surface area contributed by atoms with E-state index < -0.39 is 6.04 Å². The predicted octanol–water partition coefficient (Wildman–Crippen LogP) is 2.35. The van der Waals surface area contributed by atoms with E-state index in [1.807, 2.05) is 38.1 Å². The minimum absolute atomic E-state index is 0.0401. The normalized spacial score (nSPS) is 12.1. The molecule has 2 amide bonds. The maximum Gasteiger partial charge on any atom is 0.247 e. The van der Waals surface area contributed by atoms with Crippen LogP contribution in [0.5, 0.6) is 0 Å². The summed E-state index contributed by atoms with van der Waals surface area (Å²) in [7, 11) is 0. The molecule has 4 nitrogen and oxygen atoms in total. The highest BCUT2D eigenvalue weighted by Gasteiger charge is 2.22. The SMILES string of the molecule is CCc1cccc(NC(=O)C(NC(C)=O)C(C)C)c1. The van der Waals surface area contributed by atoms with Crippen LogP contribution in [-0.2, 0) is 16.0 Å². The Balaban J connectivity index is 2.77. The molecule has 0 bridgehead atoms. The molecule has 1 rings (SSSR count). The average Bonchev–Trinajstić information content (AvgIpc) is 2.35. The second-order valence-electron chi connectivity index (χ2n) is 4.97. The van der Waals surface area contributed by atoms with Crippen LogP contribution < -0.4 is 10.6 Å². The van der Waals surface area contributed by atoms with Crippen molar-refractivity contribution in [1.82, 2.24) is 5.32 Å². The van der Waals surface area contributed by atoms with Crippen molar-refractivity contribution >= 4 is 17.5 Å². The van der Waals surface area contributed by atoms with Crippen LogP contribution in [0.2, 0.25) is 0 Å². The molecule has 0 heterocycles. The fourth-order valence-corrected chi connectivity index (χ4v) is 1.84. The van der Waals surface area contributed by atoms with E-state index in [9.17, 15) is 9.59 Å². The topological polar surface area (TPSA) is 58.2 Å². The molecule has 0 saturated heterocycles. The summed E-state index contributed by atoms with van der Waals surface area (Å²) < 4.78 is 0. The summed E-state index contributed by atoms with van der Waals surface area (Å²) in [4.78, 5) is 23.3. The molecule has 1 atom stereocenters. The highest BCUT2D eigenvalue weighted by atomic mass is 16.2. The van der Waals surface area contributed by atoms with Crippen molar-refractivity contribution < 1.29 is 9.59 Å². The van der Waals surface area contributed by atoms with E-state index in [4.69, 9.17) is 0 Å². The zero-order chi connectivity index (χ0) is 14.4. The maximum absolute atomic E-state index is 12.2. The number of nitrogens with one attached hydrogen (secondary N) is 2. The Morgan fingerprint density at radius 1 is 1.26 bits per heavy atom. The predicted molar refractivity (Wildman–Crippen MR) is 76.9 cm³/mol. The van der Waals surface area contributed by atoms with Crippen LogP contribution in [-0.4, -0.2) is 17.9 Å². The highest BCUT2D eigenvalue weighted by molar-refractivity contribution is 5.97. The Labute approximate surface area is 114 Å². The first-order valence-corrected chi connectivity index (χ1v) is 6.61. The van der Waals surface area contributed by atoms with E-state index in [0.717, 1.165) is 12.1 Å². The Kier molecular flexibility index (Phi) is 5.55. The molecular weight excluding hydrogens is 240 g/mol. The van der Waals surface area contributed by atoms with Gasteiger partial charge in [0.25, 0.3) is 0 Å². The lowest BCUT2D eigenvalue weighted by atomic mass is 10.0. The van der Waals surface area contributed by atoms with Crippen LogP contribution in [0.15, 0.2) is 24.3 Å². The molecule has 104 valence electrons. The fourth-order valence-electron chi connectivity index (χ4n) is 1.84. The summed E-state index contributed by atoms with van der Waals surface area (Å²) in [5.74, 6) is -0.340. The van der Waals surface area contributed by atoms with Crippen molar-refractivity contribution in [1.29, 1.82) is 0 Å². The van der Waals surface area contributed by atoms with Crippen LogP contribution in [0, 0.1) is 5.92 Å². The summed E-state index contributed by atoms with van der Waals surface area (Å²) in [6.07, 6.45) is 0.920. The van der Waals surface area contributed by atoms with Crippen LogP contribution in [0.3, 0.4) is 0 Å². The van der Waals surface area contributed by atoms with Gasteiger partial charge in [-0.3, -0.25) is 9.59 Å². The second kappa shape index (κ2) is 6.92. The van der Waals surface area contributed by atoms with Crippen LogP contribution in [0.1, 0.15) is 33.3 Å². The van der Waals surface area contributed by atoms with Gasteiger partial charge in [0.1, 0.15) is 6.04 Å². The maximum atomic E-state index is 12.2. The van der Waals surface area contributed by atoms with Crippen molar-refractivity contribution in [2.24, 2.45) is 5.92 Å². The molecule has 1 aromatic carbocycles. The number of benzene rings is 1. The fraction of sp³-hybridized carbons (Fsp3) is 0.467. The van der Waals surface area contributed by atoms with Crippen molar-refractivity contribution in [2.45, 2.75) is 40.2 Å².